The maximum absolute atomic E-state index is 12.7. The number of amides is 1. The molecule has 1 aromatic heterocycles. The van der Waals surface area contributed by atoms with Crippen LogP contribution >= 0.6 is 0 Å². The first kappa shape index (κ1) is 16.6. The number of anilines is 1. The van der Waals surface area contributed by atoms with Crippen LogP contribution in [0.1, 0.15) is 27.0 Å². The highest BCUT2D eigenvalue weighted by Gasteiger charge is 2.23. The van der Waals surface area contributed by atoms with Crippen molar-refractivity contribution in [3.63, 3.8) is 0 Å². The van der Waals surface area contributed by atoms with Crippen molar-refractivity contribution < 1.29 is 4.79 Å². The molecule has 0 atom stereocenters. The predicted molar refractivity (Wildman–Crippen MR) is 101 cm³/mol. The molecule has 0 saturated carbocycles. The van der Waals surface area contributed by atoms with Gasteiger partial charge >= 0.3 is 0 Å². The standard InChI is InChI=1S/C19H24BN3O/c1-13-10-15(3)18(21-12-13)22-6-8-23(9-7-22)19(24)16-4-5-17(20)14(2)11-16/h4-5,10-12H,6-9,20H2,1-3H3. The number of pyridine rings is 1. The van der Waals surface area contributed by atoms with E-state index in [0.29, 0.717) is 0 Å². The molecule has 24 heavy (non-hydrogen) atoms. The predicted octanol–water partition coefficient (Wildman–Crippen LogP) is 1.23. The third-order valence-electron chi connectivity index (χ3n) is 4.81. The Bertz CT molecular complexity index is 767. The summed E-state index contributed by atoms with van der Waals surface area (Å²) in [5.74, 6) is 1.17. The molecule has 1 aromatic carbocycles. The fraction of sp³-hybridized carbons (Fsp3) is 0.368. The van der Waals surface area contributed by atoms with Crippen LogP contribution in [0.3, 0.4) is 0 Å². The van der Waals surface area contributed by atoms with Crippen molar-refractivity contribution in [2.24, 2.45) is 0 Å². The van der Waals surface area contributed by atoms with E-state index in [1.165, 1.54) is 22.2 Å². The van der Waals surface area contributed by atoms with Gasteiger partial charge in [0, 0.05) is 37.9 Å². The number of benzene rings is 1. The number of aromatic nitrogens is 1. The summed E-state index contributed by atoms with van der Waals surface area (Å²) in [5.41, 5.74) is 5.55. The largest absolute Gasteiger partial charge is 0.353 e. The van der Waals surface area contributed by atoms with Gasteiger partial charge in [-0.2, -0.15) is 0 Å². The number of hydrogen-bond acceptors (Lipinski definition) is 3. The van der Waals surface area contributed by atoms with Crippen molar-refractivity contribution in [3.05, 3.63) is 52.7 Å². The van der Waals surface area contributed by atoms with Crippen LogP contribution in [0, 0.1) is 20.8 Å². The average molecular weight is 321 g/mol. The van der Waals surface area contributed by atoms with E-state index in [4.69, 9.17) is 0 Å². The van der Waals surface area contributed by atoms with Gasteiger partial charge in [-0.3, -0.25) is 4.79 Å². The average Bonchev–Trinajstić information content (AvgIpc) is 2.57. The van der Waals surface area contributed by atoms with Crippen LogP contribution in [0.15, 0.2) is 30.5 Å². The second-order valence-corrected chi connectivity index (χ2v) is 6.73. The van der Waals surface area contributed by atoms with Gasteiger partial charge in [0.15, 0.2) is 0 Å². The van der Waals surface area contributed by atoms with E-state index in [1.54, 1.807) is 0 Å². The van der Waals surface area contributed by atoms with E-state index in [-0.39, 0.29) is 5.91 Å². The van der Waals surface area contributed by atoms with Crippen LogP contribution in [-0.2, 0) is 0 Å². The van der Waals surface area contributed by atoms with E-state index in [9.17, 15) is 4.79 Å². The summed E-state index contributed by atoms with van der Waals surface area (Å²) in [5, 5.41) is 0. The second kappa shape index (κ2) is 6.67. The zero-order chi connectivity index (χ0) is 17.3. The number of piperazine rings is 1. The molecule has 0 spiro atoms. The van der Waals surface area contributed by atoms with Crippen LogP contribution in [0.2, 0.25) is 0 Å². The Balaban J connectivity index is 1.68. The quantitative estimate of drug-likeness (QED) is 0.781. The molecule has 0 unspecified atom stereocenters. The highest BCUT2D eigenvalue weighted by molar-refractivity contribution is 6.33. The molecular weight excluding hydrogens is 297 g/mol. The SMILES string of the molecule is Bc1ccc(C(=O)N2CCN(c3ncc(C)cc3C)CC2)cc1C. The van der Waals surface area contributed by atoms with E-state index in [1.807, 2.05) is 29.3 Å². The Kier molecular flexibility index (Phi) is 4.61. The lowest BCUT2D eigenvalue weighted by Crippen LogP contribution is -2.49. The monoisotopic (exact) mass is 321 g/mol. The molecule has 2 aromatic rings. The Morgan fingerprint density at radius 1 is 1.04 bits per heavy atom. The van der Waals surface area contributed by atoms with Gasteiger partial charge in [-0.05, 0) is 44.0 Å². The van der Waals surface area contributed by atoms with Crippen molar-refractivity contribution in [3.8, 4) is 0 Å². The Hall–Kier alpha value is -2.30. The third-order valence-corrected chi connectivity index (χ3v) is 4.81. The number of carbonyl (C=O) groups excluding carboxylic acids is 1. The molecule has 3 rings (SSSR count). The molecule has 0 bridgehead atoms. The van der Waals surface area contributed by atoms with Crippen LogP contribution in [-0.4, -0.2) is 49.8 Å². The lowest BCUT2D eigenvalue weighted by molar-refractivity contribution is 0.0746. The second-order valence-electron chi connectivity index (χ2n) is 6.73. The highest BCUT2D eigenvalue weighted by atomic mass is 16.2. The molecule has 1 amide bonds. The molecule has 1 fully saturated rings. The summed E-state index contributed by atoms with van der Waals surface area (Å²) >= 11 is 0. The first-order valence-electron chi connectivity index (χ1n) is 8.50. The molecule has 1 saturated heterocycles. The normalized spacial score (nSPS) is 14.8. The van der Waals surface area contributed by atoms with Gasteiger partial charge in [0.2, 0.25) is 0 Å². The minimum atomic E-state index is 0.131. The maximum Gasteiger partial charge on any atom is 0.253 e. The Labute approximate surface area is 144 Å². The number of nitrogens with zero attached hydrogens (tertiary/aromatic N) is 3. The van der Waals surface area contributed by atoms with Crippen molar-refractivity contribution >= 4 is 25.0 Å². The molecule has 0 aliphatic carbocycles. The molecule has 1 aliphatic rings. The summed E-state index contributed by atoms with van der Waals surface area (Å²) in [6.45, 7) is 9.34. The van der Waals surface area contributed by atoms with Crippen LogP contribution in [0.5, 0.6) is 0 Å². The molecule has 1 aliphatic heterocycles. The van der Waals surface area contributed by atoms with Crippen LogP contribution in [0.4, 0.5) is 5.82 Å². The molecule has 4 nitrogen and oxygen atoms in total. The van der Waals surface area contributed by atoms with E-state index in [2.05, 4.69) is 44.6 Å². The zero-order valence-electron chi connectivity index (χ0n) is 15.0. The molecule has 2 heterocycles. The van der Waals surface area contributed by atoms with Gasteiger partial charge in [0.05, 0.1) is 0 Å². The summed E-state index contributed by atoms with van der Waals surface area (Å²) in [4.78, 5) is 21.5. The first-order valence-corrected chi connectivity index (χ1v) is 8.50. The van der Waals surface area contributed by atoms with Crippen LogP contribution in [0.25, 0.3) is 0 Å². The van der Waals surface area contributed by atoms with Gasteiger partial charge in [0.25, 0.3) is 5.91 Å². The lowest BCUT2D eigenvalue weighted by Gasteiger charge is -2.36. The lowest BCUT2D eigenvalue weighted by atomic mass is 9.90. The highest BCUT2D eigenvalue weighted by Crippen LogP contribution is 2.20. The maximum atomic E-state index is 12.7. The van der Waals surface area contributed by atoms with E-state index < -0.39 is 0 Å². The minimum Gasteiger partial charge on any atom is -0.353 e. The topological polar surface area (TPSA) is 36.4 Å². The smallest absolute Gasteiger partial charge is 0.253 e. The Morgan fingerprint density at radius 3 is 2.38 bits per heavy atom. The third kappa shape index (κ3) is 3.30. The first-order chi connectivity index (χ1) is 11.5. The number of rotatable bonds is 2. The summed E-state index contributed by atoms with van der Waals surface area (Å²) in [6, 6.07) is 8.12. The minimum absolute atomic E-state index is 0.131. The van der Waals surface area contributed by atoms with Gasteiger partial charge in [0.1, 0.15) is 13.7 Å². The Morgan fingerprint density at radius 2 is 1.75 bits per heavy atom. The van der Waals surface area contributed by atoms with Crippen molar-refractivity contribution in [2.45, 2.75) is 20.8 Å². The molecule has 124 valence electrons. The molecule has 0 radical (unpaired) electrons. The van der Waals surface area contributed by atoms with Gasteiger partial charge in [-0.15, -0.1) is 0 Å². The number of carbonyl (C=O) groups is 1. The zero-order valence-corrected chi connectivity index (χ0v) is 15.0. The van der Waals surface area contributed by atoms with Crippen LogP contribution < -0.4 is 10.4 Å². The number of hydrogen-bond donors (Lipinski definition) is 0. The van der Waals surface area contributed by atoms with Gasteiger partial charge in [-0.25, -0.2) is 4.98 Å². The van der Waals surface area contributed by atoms with E-state index >= 15 is 0 Å². The van der Waals surface area contributed by atoms with Crippen molar-refractivity contribution in [2.75, 3.05) is 31.1 Å². The molecular formula is C19H24BN3O. The molecule has 5 heteroatoms. The fourth-order valence-electron chi connectivity index (χ4n) is 3.22. The summed E-state index contributed by atoms with van der Waals surface area (Å²) in [7, 11) is 2.07. The van der Waals surface area contributed by atoms with Gasteiger partial charge < -0.3 is 9.80 Å². The van der Waals surface area contributed by atoms with Crippen molar-refractivity contribution in [1.29, 1.82) is 0 Å². The molecule has 0 N–H and O–H groups in total. The fourth-order valence-corrected chi connectivity index (χ4v) is 3.22. The number of aryl methyl sites for hydroxylation is 3. The van der Waals surface area contributed by atoms with Crippen molar-refractivity contribution in [1.82, 2.24) is 9.88 Å². The summed E-state index contributed by atoms with van der Waals surface area (Å²) < 4.78 is 0. The van der Waals surface area contributed by atoms with E-state index in [0.717, 1.165) is 37.6 Å². The summed E-state index contributed by atoms with van der Waals surface area (Å²) in [6.07, 6.45) is 1.91. The van der Waals surface area contributed by atoms with Gasteiger partial charge in [-0.1, -0.05) is 23.2 Å².